The summed E-state index contributed by atoms with van der Waals surface area (Å²) in [5.41, 5.74) is 4.23. The summed E-state index contributed by atoms with van der Waals surface area (Å²) in [6.45, 7) is 0. The fourth-order valence-corrected chi connectivity index (χ4v) is 3.86. The van der Waals surface area contributed by atoms with Gasteiger partial charge in [0.15, 0.2) is 0 Å². The van der Waals surface area contributed by atoms with Crippen LogP contribution in [0.15, 0.2) is 119 Å². The molecule has 3 amide bonds. The standard InChI is InChI=1S/C31H23BrN4O5/c32-23-16-17-27(41-28(37)18-15-21-9-3-1-4-10-21)22(19-23)20-33-36-31(40)30(39)35-26-14-8-7-13-25(26)29(38)34-24-11-5-2-6-12-24/h1-20H,(H,34,38)(H,35,39)(H,36,40)/b18-15+,33-20+. The number of esters is 1. The van der Waals surface area contributed by atoms with Crippen LogP contribution in [0.5, 0.6) is 5.75 Å². The Morgan fingerprint density at radius 2 is 1.44 bits per heavy atom. The van der Waals surface area contributed by atoms with Gasteiger partial charge in [0.05, 0.1) is 17.5 Å². The Balaban J connectivity index is 1.38. The van der Waals surface area contributed by atoms with Crippen LogP contribution in [0.4, 0.5) is 11.4 Å². The van der Waals surface area contributed by atoms with Crippen molar-refractivity contribution in [1.29, 1.82) is 0 Å². The highest BCUT2D eigenvalue weighted by Gasteiger charge is 2.18. The number of rotatable bonds is 8. The molecule has 0 aliphatic carbocycles. The number of hydrazone groups is 1. The SMILES string of the molecule is O=C(/C=C/c1ccccc1)Oc1ccc(Br)cc1/C=N/NC(=O)C(=O)Nc1ccccc1C(=O)Nc1ccccc1. The van der Waals surface area contributed by atoms with Gasteiger partial charge in [-0.1, -0.05) is 76.6 Å². The van der Waals surface area contributed by atoms with Crippen LogP contribution in [-0.2, 0) is 14.4 Å². The number of para-hydroxylation sites is 2. The quantitative estimate of drug-likeness (QED) is 0.0614. The normalized spacial score (nSPS) is 10.8. The van der Waals surface area contributed by atoms with Gasteiger partial charge in [0.2, 0.25) is 0 Å². The third kappa shape index (κ3) is 8.57. The molecule has 10 heteroatoms. The minimum Gasteiger partial charge on any atom is -0.423 e. The number of anilines is 2. The summed E-state index contributed by atoms with van der Waals surface area (Å²) in [5, 5.41) is 8.99. The van der Waals surface area contributed by atoms with Crippen LogP contribution < -0.4 is 20.8 Å². The second-order valence-corrected chi connectivity index (χ2v) is 9.28. The van der Waals surface area contributed by atoms with E-state index in [0.29, 0.717) is 15.7 Å². The molecule has 0 aliphatic rings. The molecule has 0 radical (unpaired) electrons. The van der Waals surface area contributed by atoms with Gasteiger partial charge in [-0.05, 0) is 54.1 Å². The minimum atomic E-state index is -1.07. The number of nitrogens with one attached hydrogen (secondary N) is 3. The number of carbonyl (C=O) groups is 4. The molecule has 4 rings (SSSR count). The van der Waals surface area contributed by atoms with Gasteiger partial charge >= 0.3 is 17.8 Å². The van der Waals surface area contributed by atoms with Gasteiger partial charge in [-0.2, -0.15) is 5.10 Å². The average molecular weight is 611 g/mol. The molecule has 0 aromatic heterocycles. The number of hydrogen-bond donors (Lipinski definition) is 3. The molecule has 41 heavy (non-hydrogen) atoms. The molecule has 0 unspecified atom stereocenters. The highest BCUT2D eigenvalue weighted by Crippen LogP contribution is 2.22. The third-order valence-corrected chi connectivity index (χ3v) is 5.91. The maximum absolute atomic E-state index is 12.7. The predicted molar refractivity (Wildman–Crippen MR) is 160 cm³/mol. The summed E-state index contributed by atoms with van der Waals surface area (Å²) in [5.74, 6) is -2.98. The van der Waals surface area contributed by atoms with Crippen molar-refractivity contribution in [3.8, 4) is 5.75 Å². The van der Waals surface area contributed by atoms with Gasteiger partial charge in [-0.25, -0.2) is 10.2 Å². The lowest BCUT2D eigenvalue weighted by Gasteiger charge is -2.11. The number of benzene rings is 4. The van der Waals surface area contributed by atoms with Crippen molar-refractivity contribution in [3.63, 3.8) is 0 Å². The second-order valence-electron chi connectivity index (χ2n) is 8.37. The van der Waals surface area contributed by atoms with Gasteiger partial charge in [-0.15, -0.1) is 0 Å². The lowest BCUT2D eigenvalue weighted by atomic mass is 10.1. The van der Waals surface area contributed by atoms with E-state index in [-0.39, 0.29) is 17.0 Å². The molecule has 0 saturated carbocycles. The molecule has 0 aliphatic heterocycles. The number of hydrogen-bond acceptors (Lipinski definition) is 6. The predicted octanol–water partition coefficient (Wildman–Crippen LogP) is 5.41. The van der Waals surface area contributed by atoms with Gasteiger partial charge in [0.25, 0.3) is 5.91 Å². The smallest absolute Gasteiger partial charge is 0.336 e. The van der Waals surface area contributed by atoms with Crippen LogP contribution in [0.3, 0.4) is 0 Å². The Hall–Kier alpha value is -5.35. The first-order valence-electron chi connectivity index (χ1n) is 12.2. The monoisotopic (exact) mass is 610 g/mol. The molecular weight excluding hydrogens is 588 g/mol. The molecule has 9 nitrogen and oxygen atoms in total. The van der Waals surface area contributed by atoms with Crippen molar-refractivity contribution in [1.82, 2.24) is 5.43 Å². The summed E-state index contributed by atoms with van der Waals surface area (Å²) in [4.78, 5) is 50.0. The van der Waals surface area contributed by atoms with E-state index in [0.717, 1.165) is 5.56 Å². The molecule has 3 N–H and O–H groups in total. The molecule has 0 fully saturated rings. The number of nitrogens with zero attached hydrogens (tertiary/aromatic N) is 1. The Morgan fingerprint density at radius 3 is 2.20 bits per heavy atom. The average Bonchev–Trinajstić information content (AvgIpc) is 2.98. The summed E-state index contributed by atoms with van der Waals surface area (Å²) < 4.78 is 6.09. The lowest BCUT2D eigenvalue weighted by Crippen LogP contribution is -2.33. The molecule has 204 valence electrons. The number of halogens is 1. The highest BCUT2D eigenvalue weighted by molar-refractivity contribution is 9.10. The van der Waals surface area contributed by atoms with Crippen LogP contribution in [0, 0.1) is 0 Å². The van der Waals surface area contributed by atoms with Crippen LogP contribution in [-0.4, -0.2) is 29.9 Å². The van der Waals surface area contributed by atoms with Crippen molar-refractivity contribution in [2.45, 2.75) is 0 Å². The topological polar surface area (TPSA) is 126 Å². The zero-order valence-electron chi connectivity index (χ0n) is 21.4. The molecule has 0 bridgehead atoms. The van der Waals surface area contributed by atoms with E-state index < -0.39 is 23.7 Å². The summed E-state index contributed by atoms with van der Waals surface area (Å²) >= 11 is 3.34. The summed E-state index contributed by atoms with van der Waals surface area (Å²) in [6.07, 6.45) is 4.15. The fourth-order valence-electron chi connectivity index (χ4n) is 3.48. The van der Waals surface area contributed by atoms with Crippen LogP contribution >= 0.6 is 15.9 Å². The number of carbonyl (C=O) groups excluding carboxylic acids is 4. The van der Waals surface area contributed by atoms with E-state index in [4.69, 9.17) is 4.74 Å². The minimum absolute atomic E-state index is 0.148. The molecule has 0 saturated heterocycles. The first kappa shape index (κ1) is 28.7. The zero-order valence-corrected chi connectivity index (χ0v) is 23.0. The second kappa shape index (κ2) is 14.2. The Morgan fingerprint density at radius 1 is 0.756 bits per heavy atom. The largest absolute Gasteiger partial charge is 0.423 e. The highest BCUT2D eigenvalue weighted by atomic mass is 79.9. The van der Waals surface area contributed by atoms with Crippen molar-refractivity contribution < 1.29 is 23.9 Å². The number of ether oxygens (including phenoxy) is 1. The van der Waals surface area contributed by atoms with Gasteiger partial charge in [0, 0.05) is 21.8 Å². The first-order valence-corrected chi connectivity index (χ1v) is 13.0. The van der Waals surface area contributed by atoms with Crippen molar-refractivity contribution in [2.24, 2.45) is 5.10 Å². The van der Waals surface area contributed by atoms with Gasteiger partial charge < -0.3 is 15.4 Å². The molecular formula is C31H23BrN4O5. The van der Waals surface area contributed by atoms with E-state index in [1.807, 2.05) is 36.4 Å². The molecule has 0 spiro atoms. The van der Waals surface area contributed by atoms with E-state index in [2.05, 4.69) is 37.1 Å². The Labute approximate surface area is 244 Å². The van der Waals surface area contributed by atoms with E-state index in [9.17, 15) is 19.2 Å². The van der Waals surface area contributed by atoms with Crippen LogP contribution in [0.1, 0.15) is 21.5 Å². The first-order chi connectivity index (χ1) is 19.9. The zero-order chi connectivity index (χ0) is 29.0. The van der Waals surface area contributed by atoms with E-state index >= 15 is 0 Å². The van der Waals surface area contributed by atoms with E-state index in [1.165, 1.54) is 24.4 Å². The summed E-state index contributed by atoms with van der Waals surface area (Å²) in [7, 11) is 0. The Kier molecular flexibility index (Phi) is 9.89. The van der Waals surface area contributed by atoms with Crippen molar-refractivity contribution in [2.75, 3.05) is 10.6 Å². The molecule has 4 aromatic rings. The van der Waals surface area contributed by atoms with Gasteiger partial charge in [0.1, 0.15) is 5.75 Å². The van der Waals surface area contributed by atoms with Crippen molar-refractivity contribution >= 4 is 63.3 Å². The number of amides is 3. The molecule has 0 heterocycles. The lowest BCUT2D eigenvalue weighted by molar-refractivity contribution is -0.136. The van der Waals surface area contributed by atoms with Gasteiger partial charge in [-0.3, -0.25) is 14.4 Å². The third-order valence-electron chi connectivity index (χ3n) is 5.42. The maximum Gasteiger partial charge on any atom is 0.336 e. The fraction of sp³-hybridized carbons (Fsp3) is 0. The maximum atomic E-state index is 12.7. The summed E-state index contributed by atoms with van der Waals surface area (Å²) in [6, 6.07) is 29.2. The molecule has 4 aromatic carbocycles. The van der Waals surface area contributed by atoms with E-state index in [1.54, 1.807) is 60.7 Å². The van der Waals surface area contributed by atoms with Crippen LogP contribution in [0.2, 0.25) is 0 Å². The Bertz CT molecular complexity index is 1620. The van der Waals surface area contributed by atoms with Crippen molar-refractivity contribution in [3.05, 3.63) is 130 Å². The van der Waals surface area contributed by atoms with Crippen LogP contribution in [0.25, 0.3) is 6.08 Å². The molecule has 0 atom stereocenters.